The second-order valence-corrected chi connectivity index (χ2v) is 6.89. The molecule has 0 bridgehead atoms. The van der Waals surface area contributed by atoms with E-state index in [0.29, 0.717) is 26.3 Å². The van der Waals surface area contributed by atoms with E-state index in [9.17, 15) is 14.4 Å². The third-order valence-corrected chi connectivity index (χ3v) is 4.83. The zero-order valence-corrected chi connectivity index (χ0v) is 16.5. The Morgan fingerprint density at radius 3 is 2.93 bits per heavy atom. The summed E-state index contributed by atoms with van der Waals surface area (Å²) in [6.45, 7) is 5.71. The smallest absolute Gasteiger partial charge is 0.430 e. The Labute approximate surface area is 171 Å². The summed E-state index contributed by atoms with van der Waals surface area (Å²) in [7, 11) is 0. The lowest BCUT2D eigenvalue weighted by Crippen LogP contribution is -2.41. The molecule has 11 heteroatoms. The van der Waals surface area contributed by atoms with Gasteiger partial charge in [0, 0.05) is 25.8 Å². The molecular formula is C19H22N4O7. The maximum absolute atomic E-state index is 12.5. The number of rotatable bonds is 6. The summed E-state index contributed by atoms with van der Waals surface area (Å²) in [6, 6.07) is 1.45. The van der Waals surface area contributed by atoms with Gasteiger partial charge in [-0.25, -0.2) is 9.59 Å². The van der Waals surface area contributed by atoms with Crippen molar-refractivity contribution in [1.82, 2.24) is 14.9 Å². The maximum Gasteiger partial charge on any atom is 0.430 e. The van der Waals surface area contributed by atoms with E-state index < -0.39 is 17.5 Å². The van der Waals surface area contributed by atoms with E-state index in [1.165, 1.54) is 23.5 Å². The molecule has 4 rings (SSSR count). The number of pyridine rings is 1. The fourth-order valence-electron chi connectivity index (χ4n) is 3.35. The molecule has 1 unspecified atom stereocenters. The van der Waals surface area contributed by atoms with Crippen molar-refractivity contribution in [2.45, 2.75) is 13.0 Å². The number of esters is 1. The van der Waals surface area contributed by atoms with Crippen LogP contribution < -0.4 is 5.43 Å². The fraction of sp³-hybridized carbons (Fsp3) is 0.474. The molecule has 0 aliphatic carbocycles. The van der Waals surface area contributed by atoms with Crippen LogP contribution in [0.15, 0.2) is 26.6 Å². The van der Waals surface area contributed by atoms with Crippen LogP contribution in [0.2, 0.25) is 0 Å². The first-order valence-electron chi connectivity index (χ1n) is 9.69. The number of nitrogens with zero attached hydrogens (tertiary/aromatic N) is 3. The molecule has 0 radical (unpaired) electrons. The van der Waals surface area contributed by atoms with Gasteiger partial charge >= 0.3 is 12.1 Å². The number of fused-ring (bicyclic) bond motifs is 1. The number of hydrogen-bond acceptors (Lipinski definition) is 9. The maximum atomic E-state index is 12.5. The average Bonchev–Trinajstić information content (AvgIpc) is 3.31. The number of morpholine rings is 1. The first-order valence-corrected chi connectivity index (χ1v) is 9.69. The lowest BCUT2D eigenvalue weighted by Gasteiger charge is -2.27. The molecule has 0 saturated carbocycles. The number of cyclic esters (lactones) is 1. The number of furan rings is 1. The van der Waals surface area contributed by atoms with Gasteiger partial charge in [0.05, 0.1) is 38.0 Å². The molecule has 11 nitrogen and oxygen atoms in total. The van der Waals surface area contributed by atoms with E-state index in [1.54, 1.807) is 6.92 Å². The highest BCUT2D eigenvalue weighted by atomic mass is 16.6. The van der Waals surface area contributed by atoms with Gasteiger partial charge in [-0.3, -0.25) is 9.69 Å². The molecule has 2 aromatic heterocycles. The second-order valence-electron chi connectivity index (χ2n) is 6.89. The van der Waals surface area contributed by atoms with E-state index >= 15 is 0 Å². The summed E-state index contributed by atoms with van der Waals surface area (Å²) in [5.41, 5.74) is -0.414. The zero-order chi connectivity index (χ0) is 21.1. The van der Waals surface area contributed by atoms with Gasteiger partial charge in [-0.15, -0.1) is 0 Å². The van der Waals surface area contributed by atoms with Gasteiger partial charge in [0.15, 0.2) is 0 Å². The van der Waals surface area contributed by atoms with Crippen molar-refractivity contribution in [3.05, 3.63) is 33.8 Å². The molecule has 160 valence electrons. The molecule has 30 heavy (non-hydrogen) atoms. The van der Waals surface area contributed by atoms with Crippen molar-refractivity contribution in [3.63, 3.8) is 0 Å². The normalized spacial score (nSPS) is 20.2. The third-order valence-electron chi connectivity index (χ3n) is 4.83. The second kappa shape index (κ2) is 8.67. The SMILES string of the molecule is CCOC(=O)c1c[nH]c2oc(/C=N/N3CC(CN4CCOCC4)OC3=O)cc2c1=O. The van der Waals surface area contributed by atoms with Gasteiger partial charge < -0.3 is 23.6 Å². The van der Waals surface area contributed by atoms with Crippen molar-refractivity contribution >= 4 is 29.4 Å². The number of ether oxygens (including phenoxy) is 3. The van der Waals surface area contributed by atoms with Crippen molar-refractivity contribution in [2.75, 3.05) is 46.0 Å². The highest BCUT2D eigenvalue weighted by molar-refractivity contribution is 5.94. The quantitative estimate of drug-likeness (QED) is 0.539. The molecular weight excluding hydrogens is 396 g/mol. The highest BCUT2D eigenvalue weighted by Crippen LogP contribution is 2.16. The Bertz CT molecular complexity index is 1020. The largest absolute Gasteiger partial charge is 0.462 e. The minimum Gasteiger partial charge on any atom is -0.462 e. The van der Waals surface area contributed by atoms with Crippen LogP contribution in [0, 0.1) is 0 Å². The first-order chi connectivity index (χ1) is 14.5. The molecule has 2 aromatic rings. The molecule has 0 aromatic carbocycles. The Kier molecular flexibility index (Phi) is 5.81. The number of carbonyl (C=O) groups excluding carboxylic acids is 2. The summed E-state index contributed by atoms with van der Waals surface area (Å²) < 4.78 is 21.1. The molecule has 1 N–H and O–H groups in total. The Morgan fingerprint density at radius 2 is 2.17 bits per heavy atom. The minimum absolute atomic E-state index is 0.109. The van der Waals surface area contributed by atoms with Gasteiger partial charge in [0.1, 0.15) is 17.4 Å². The van der Waals surface area contributed by atoms with E-state index in [-0.39, 0.29) is 35.1 Å². The Morgan fingerprint density at radius 1 is 1.37 bits per heavy atom. The number of nitrogens with one attached hydrogen (secondary N) is 1. The average molecular weight is 418 g/mol. The van der Waals surface area contributed by atoms with E-state index in [0.717, 1.165) is 13.1 Å². The topological polar surface area (TPSA) is 127 Å². The lowest BCUT2D eigenvalue weighted by atomic mass is 10.2. The fourth-order valence-corrected chi connectivity index (χ4v) is 3.35. The van der Waals surface area contributed by atoms with E-state index in [1.807, 2.05) is 0 Å². The number of amides is 1. The number of hydrogen-bond donors (Lipinski definition) is 1. The van der Waals surface area contributed by atoms with E-state index in [4.69, 9.17) is 18.6 Å². The third kappa shape index (κ3) is 4.21. The zero-order valence-electron chi connectivity index (χ0n) is 16.5. The van der Waals surface area contributed by atoms with Crippen LogP contribution in [0.25, 0.3) is 11.1 Å². The van der Waals surface area contributed by atoms with Crippen LogP contribution in [0.3, 0.4) is 0 Å². The summed E-state index contributed by atoms with van der Waals surface area (Å²) in [6.07, 6.45) is 1.76. The van der Waals surface area contributed by atoms with Crippen LogP contribution in [0.1, 0.15) is 23.0 Å². The molecule has 2 saturated heterocycles. The van der Waals surface area contributed by atoms with Gasteiger partial charge in [0.2, 0.25) is 11.1 Å². The van der Waals surface area contributed by atoms with Crippen molar-refractivity contribution in [2.24, 2.45) is 5.10 Å². The van der Waals surface area contributed by atoms with Crippen LogP contribution in [0.4, 0.5) is 4.79 Å². The molecule has 0 spiro atoms. The highest BCUT2D eigenvalue weighted by Gasteiger charge is 2.32. The van der Waals surface area contributed by atoms with Crippen LogP contribution >= 0.6 is 0 Å². The molecule has 2 fully saturated rings. The van der Waals surface area contributed by atoms with Crippen molar-refractivity contribution in [1.29, 1.82) is 0 Å². The molecule has 1 amide bonds. The number of aromatic amines is 1. The molecule has 2 aliphatic heterocycles. The molecule has 2 aliphatic rings. The van der Waals surface area contributed by atoms with Crippen molar-refractivity contribution in [3.8, 4) is 0 Å². The van der Waals surface area contributed by atoms with Crippen LogP contribution in [0.5, 0.6) is 0 Å². The van der Waals surface area contributed by atoms with Gasteiger partial charge in [-0.2, -0.15) is 10.1 Å². The summed E-state index contributed by atoms with van der Waals surface area (Å²) >= 11 is 0. The standard InChI is InChI=1S/C19H22N4O7/c1-2-28-18(25)15-9-20-17-14(16(15)24)7-12(29-17)8-21-23-11-13(30-19(23)26)10-22-3-5-27-6-4-22/h7-9,13H,2-6,10-11H2,1H3,(H,20,24)/b21-8+. The lowest BCUT2D eigenvalue weighted by molar-refractivity contribution is 0.0188. The minimum atomic E-state index is -0.705. The number of hydrazone groups is 1. The summed E-state index contributed by atoms with van der Waals surface area (Å²) in [5, 5.41) is 5.52. The van der Waals surface area contributed by atoms with Crippen LogP contribution in [-0.4, -0.2) is 85.3 Å². The first kappa shape index (κ1) is 20.1. The Balaban J connectivity index is 1.44. The monoisotopic (exact) mass is 418 g/mol. The molecule has 4 heterocycles. The number of carbonyl (C=O) groups is 2. The predicted molar refractivity (Wildman–Crippen MR) is 105 cm³/mol. The van der Waals surface area contributed by atoms with E-state index in [2.05, 4.69) is 15.0 Å². The number of H-pyrrole nitrogens is 1. The Hall–Kier alpha value is -3.18. The van der Waals surface area contributed by atoms with Crippen LogP contribution in [-0.2, 0) is 14.2 Å². The van der Waals surface area contributed by atoms with Crippen molar-refractivity contribution < 1.29 is 28.2 Å². The van der Waals surface area contributed by atoms with Gasteiger partial charge in [-0.05, 0) is 13.0 Å². The van der Waals surface area contributed by atoms with Gasteiger partial charge in [-0.1, -0.05) is 0 Å². The van der Waals surface area contributed by atoms with Gasteiger partial charge in [0.25, 0.3) is 0 Å². The molecule has 1 atom stereocenters. The number of aromatic nitrogens is 1. The summed E-state index contributed by atoms with van der Waals surface area (Å²) in [5.74, 6) is -0.452. The summed E-state index contributed by atoms with van der Waals surface area (Å²) in [4.78, 5) is 41.3. The predicted octanol–water partition coefficient (Wildman–Crippen LogP) is 0.785.